The number of hydrogen-bond acceptors (Lipinski definition) is 7. The second-order valence-corrected chi connectivity index (χ2v) is 7.62. The van der Waals surface area contributed by atoms with Crippen LogP contribution in [0.15, 0.2) is 36.2 Å². The Bertz CT molecular complexity index is 1240. The second-order valence-electron chi connectivity index (χ2n) is 7.62. The molecule has 0 atom stereocenters. The number of carbonyl (C=O) groups is 2. The highest BCUT2D eigenvalue weighted by atomic mass is 16.5. The molecule has 10 nitrogen and oxygen atoms in total. The zero-order valence-corrected chi connectivity index (χ0v) is 17.4. The molecular weight excluding hydrogens is 414 g/mol. The molecule has 0 bridgehead atoms. The number of fused-ring (bicyclic) bond motifs is 2. The number of ether oxygens (including phenoxy) is 2. The summed E-state index contributed by atoms with van der Waals surface area (Å²) in [5.41, 5.74) is 2.43. The number of nitrogens with zero attached hydrogens (tertiary/aromatic N) is 4. The summed E-state index contributed by atoms with van der Waals surface area (Å²) in [5, 5.41) is 17.1. The number of Topliss-reactive ketones (excluding diaryl/α,β-unsaturated/α-hetero) is 1. The minimum atomic E-state index is -0.910. The fraction of sp³-hybridized carbons (Fsp3) is 0.273. The van der Waals surface area contributed by atoms with Crippen LogP contribution in [0.3, 0.4) is 0 Å². The van der Waals surface area contributed by atoms with E-state index in [0.717, 1.165) is 10.9 Å². The van der Waals surface area contributed by atoms with E-state index in [4.69, 9.17) is 14.6 Å². The van der Waals surface area contributed by atoms with Gasteiger partial charge >= 0.3 is 6.09 Å². The molecule has 2 aliphatic heterocycles. The lowest BCUT2D eigenvalue weighted by Gasteiger charge is -2.33. The molecule has 32 heavy (non-hydrogen) atoms. The van der Waals surface area contributed by atoms with Crippen LogP contribution in [0.2, 0.25) is 0 Å². The third-order valence-electron chi connectivity index (χ3n) is 5.78. The Labute approximate surface area is 183 Å². The van der Waals surface area contributed by atoms with Crippen molar-refractivity contribution in [2.45, 2.75) is 6.54 Å². The molecule has 2 aromatic heterocycles. The zero-order valence-electron chi connectivity index (χ0n) is 17.4. The van der Waals surface area contributed by atoms with Crippen LogP contribution in [0.1, 0.15) is 21.6 Å². The number of nitrogens with one attached hydrogen (secondary N) is 1. The molecule has 0 spiro atoms. The van der Waals surface area contributed by atoms with Gasteiger partial charge in [0, 0.05) is 50.4 Å². The summed E-state index contributed by atoms with van der Waals surface area (Å²) in [4.78, 5) is 32.0. The first-order chi connectivity index (χ1) is 15.5. The molecule has 3 aromatic rings. The van der Waals surface area contributed by atoms with Gasteiger partial charge in [-0.2, -0.15) is 5.10 Å². The van der Waals surface area contributed by atoms with Crippen LogP contribution in [-0.2, 0) is 6.54 Å². The summed E-state index contributed by atoms with van der Waals surface area (Å²) in [6.07, 6.45) is 2.37. The van der Waals surface area contributed by atoms with Crippen LogP contribution in [0.4, 0.5) is 4.79 Å². The number of carbonyl (C=O) groups excluding carboxylic acids is 1. The first-order valence-corrected chi connectivity index (χ1v) is 10.2. The Morgan fingerprint density at radius 2 is 2.09 bits per heavy atom. The number of piperazine rings is 1. The standard InChI is InChI=1S/C22H21N5O5/c1-31-17-5-4-14-19(28)18(11-16-13-3-2-6-23-21(13)25-24-16)32-20(14)15(17)12-26-7-9-27(10-8-26)22(29)30/h2-6,11H,7-10,12H2,1H3,(H,29,30)(H,23,24,25). The minimum Gasteiger partial charge on any atom is -0.496 e. The van der Waals surface area contributed by atoms with Crippen LogP contribution in [0.25, 0.3) is 17.1 Å². The number of H-pyrrole nitrogens is 1. The van der Waals surface area contributed by atoms with E-state index >= 15 is 0 Å². The number of hydrogen-bond donors (Lipinski definition) is 2. The van der Waals surface area contributed by atoms with Crippen LogP contribution in [0, 0.1) is 0 Å². The van der Waals surface area contributed by atoms with Gasteiger partial charge in [-0.1, -0.05) is 0 Å². The molecule has 1 saturated heterocycles. The molecule has 1 aromatic carbocycles. The number of aromatic nitrogens is 3. The van der Waals surface area contributed by atoms with Crippen molar-refractivity contribution in [2.75, 3.05) is 33.3 Å². The van der Waals surface area contributed by atoms with Crippen molar-refractivity contribution in [3.8, 4) is 11.5 Å². The van der Waals surface area contributed by atoms with Crippen LogP contribution < -0.4 is 9.47 Å². The van der Waals surface area contributed by atoms with Crippen molar-refractivity contribution in [3.05, 3.63) is 53.0 Å². The number of aromatic amines is 1. The highest BCUT2D eigenvalue weighted by molar-refractivity contribution is 6.15. The van der Waals surface area contributed by atoms with Gasteiger partial charge in [-0.05, 0) is 24.3 Å². The Morgan fingerprint density at radius 1 is 1.28 bits per heavy atom. The highest BCUT2D eigenvalue weighted by Gasteiger charge is 2.33. The molecule has 4 heterocycles. The molecule has 0 unspecified atom stereocenters. The van der Waals surface area contributed by atoms with Gasteiger partial charge in [-0.3, -0.25) is 14.8 Å². The van der Waals surface area contributed by atoms with Crippen molar-refractivity contribution in [1.29, 1.82) is 0 Å². The number of carboxylic acid groups (broad SMARTS) is 1. The van der Waals surface area contributed by atoms with E-state index in [1.54, 1.807) is 37.6 Å². The Kier molecular flexibility index (Phi) is 4.98. The molecule has 164 valence electrons. The van der Waals surface area contributed by atoms with E-state index in [2.05, 4.69) is 20.1 Å². The average Bonchev–Trinajstić information content (AvgIpc) is 3.36. The van der Waals surface area contributed by atoms with Crippen molar-refractivity contribution < 1.29 is 24.2 Å². The number of rotatable bonds is 4. The first kappa shape index (κ1) is 20.0. The molecule has 1 amide bonds. The van der Waals surface area contributed by atoms with E-state index in [0.29, 0.717) is 61.1 Å². The monoisotopic (exact) mass is 435 g/mol. The molecule has 2 N–H and O–H groups in total. The summed E-state index contributed by atoms with van der Waals surface area (Å²) in [6, 6.07) is 7.14. The van der Waals surface area contributed by atoms with Crippen LogP contribution >= 0.6 is 0 Å². The molecule has 0 saturated carbocycles. The SMILES string of the molecule is COc1ccc2c(c1CN1CCN(C(=O)O)CC1)OC(=Cc1n[nH]c3ncccc13)C2=O. The first-order valence-electron chi connectivity index (χ1n) is 10.2. The third-order valence-corrected chi connectivity index (χ3v) is 5.78. The number of allylic oxidation sites excluding steroid dienone is 1. The summed E-state index contributed by atoms with van der Waals surface area (Å²) in [7, 11) is 1.57. The smallest absolute Gasteiger partial charge is 0.407 e. The quantitative estimate of drug-likeness (QED) is 0.599. The van der Waals surface area contributed by atoms with E-state index in [1.165, 1.54) is 4.90 Å². The van der Waals surface area contributed by atoms with Gasteiger partial charge in [-0.15, -0.1) is 0 Å². The van der Waals surface area contributed by atoms with Gasteiger partial charge in [0.2, 0.25) is 5.78 Å². The molecule has 0 radical (unpaired) electrons. The molecule has 5 rings (SSSR count). The average molecular weight is 435 g/mol. The Morgan fingerprint density at radius 3 is 2.84 bits per heavy atom. The van der Waals surface area contributed by atoms with Crippen molar-refractivity contribution in [2.24, 2.45) is 0 Å². The molecule has 0 aliphatic carbocycles. The minimum absolute atomic E-state index is 0.183. The van der Waals surface area contributed by atoms with Gasteiger partial charge in [0.15, 0.2) is 11.4 Å². The van der Waals surface area contributed by atoms with E-state index in [-0.39, 0.29) is 11.5 Å². The molecular formula is C22H21N5O5. The molecule has 10 heteroatoms. The summed E-state index contributed by atoms with van der Waals surface area (Å²) >= 11 is 0. The molecule has 1 fully saturated rings. The van der Waals surface area contributed by atoms with Gasteiger partial charge in [-0.25, -0.2) is 9.78 Å². The fourth-order valence-corrected chi connectivity index (χ4v) is 4.06. The highest BCUT2D eigenvalue weighted by Crippen LogP contribution is 2.40. The maximum atomic E-state index is 13.0. The van der Waals surface area contributed by atoms with Crippen LogP contribution in [0.5, 0.6) is 11.5 Å². The largest absolute Gasteiger partial charge is 0.496 e. The topological polar surface area (TPSA) is 121 Å². The lowest BCUT2D eigenvalue weighted by atomic mass is 10.0. The number of ketones is 1. The number of pyridine rings is 1. The third kappa shape index (κ3) is 3.44. The summed E-state index contributed by atoms with van der Waals surface area (Å²) in [6.45, 7) is 2.51. The van der Waals surface area contributed by atoms with Crippen LogP contribution in [-0.4, -0.2) is 75.3 Å². The Balaban J connectivity index is 1.44. The number of amides is 1. The van der Waals surface area contributed by atoms with Gasteiger partial charge in [0.05, 0.1) is 23.9 Å². The van der Waals surface area contributed by atoms with E-state index in [1.807, 2.05) is 6.07 Å². The van der Waals surface area contributed by atoms with E-state index < -0.39 is 6.09 Å². The van der Waals surface area contributed by atoms with Crippen molar-refractivity contribution >= 4 is 29.0 Å². The number of methoxy groups -OCH3 is 1. The predicted molar refractivity (Wildman–Crippen MR) is 115 cm³/mol. The normalized spacial score (nSPS) is 17.6. The van der Waals surface area contributed by atoms with Crippen molar-refractivity contribution in [3.63, 3.8) is 0 Å². The second kappa shape index (κ2) is 7.97. The summed E-state index contributed by atoms with van der Waals surface area (Å²) < 4.78 is 11.6. The summed E-state index contributed by atoms with van der Waals surface area (Å²) in [5.74, 6) is 1.05. The van der Waals surface area contributed by atoms with Crippen molar-refractivity contribution in [1.82, 2.24) is 25.0 Å². The van der Waals surface area contributed by atoms with E-state index in [9.17, 15) is 9.59 Å². The zero-order chi connectivity index (χ0) is 22.2. The Hall–Kier alpha value is -3.92. The lowest BCUT2D eigenvalue weighted by molar-refractivity contribution is 0.101. The fourth-order valence-electron chi connectivity index (χ4n) is 4.06. The van der Waals surface area contributed by atoms with Gasteiger partial charge in [0.1, 0.15) is 11.5 Å². The maximum Gasteiger partial charge on any atom is 0.407 e. The maximum absolute atomic E-state index is 13.0. The predicted octanol–water partition coefficient (Wildman–Crippen LogP) is 2.38. The van der Waals surface area contributed by atoms with Gasteiger partial charge < -0.3 is 19.5 Å². The lowest BCUT2D eigenvalue weighted by Crippen LogP contribution is -2.47. The number of benzene rings is 1. The van der Waals surface area contributed by atoms with Gasteiger partial charge in [0.25, 0.3) is 0 Å². The molecule has 2 aliphatic rings.